The van der Waals surface area contributed by atoms with Crippen molar-refractivity contribution in [3.8, 4) is 9.88 Å². The molecule has 1 atom stereocenters. The normalized spacial score (nSPS) is 11.8. The monoisotopic (exact) mass is 376 g/mol. The zero-order valence-corrected chi connectivity index (χ0v) is 14.7. The van der Waals surface area contributed by atoms with Crippen LogP contribution in [0.2, 0.25) is 0 Å². The van der Waals surface area contributed by atoms with Crippen LogP contribution in [0, 0.1) is 5.82 Å². The first kappa shape index (κ1) is 17.2. The van der Waals surface area contributed by atoms with Gasteiger partial charge in [-0.25, -0.2) is 14.2 Å². The smallest absolute Gasteiger partial charge is 0.358 e. The molecule has 1 aromatic carbocycles. The molecule has 2 heterocycles. The fourth-order valence-electron chi connectivity index (χ4n) is 1.95. The summed E-state index contributed by atoms with van der Waals surface area (Å²) < 4.78 is 18.7. The number of para-hydroxylation sites is 1. The van der Waals surface area contributed by atoms with E-state index in [9.17, 15) is 14.0 Å². The third kappa shape index (κ3) is 4.09. The summed E-state index contributed by atoms with van der Waals surface area (Å²) >= 11 is 2.84. The number of carbonyl (C=O) groups excluding carboxylic acids is 2. The molecule has 0 aliphatic heterocycles. The minimum atomic E-state index is -1.08. The van der Waals surface area contributed by atoms with Crippen molar-refractivity contribution in [3.05, 3.63) is 58.7 Å². The Kier molecular flexibility index (Phi) is 5.20. The van der Waals surface area contributed by atoms with E-state index in [0.29, 0.717) is 5.01 Å². The van der Waals surface area contributed by atoms with Crippen LogP contribution in [0.5, 0.6) is 0 Å². The number of amides is 1. The van der Waals surface area contributed by atoms with Crippen molar-refractivity contribution in [2.45, 2.75) is 13.0 Å². The van der Waals surface area contributed by atoms with Gasteiger partial charge in [0.2, 0.25) is 0 Å². The number of esters is 1. The Hall–Kier alpha value is -2.58. The summed E-state index contributed by atoms with van der Waals surface area (Å²) in [6, 6.07) is 9.57. The van der Waals surface area contributed by atoms with Gasteiger partial charge in [0.05, 0.1) is 10.6 Å². The molecule has 1 amide bonds. The van der Waals surface area contributed by atoms with Gasteiger partial charge in [0.1, 0.15) is 10.8 Å². The highest BCUT2D eigenvalue weighted by Crippen LogP contribution is 2.28. The Morgan fingerprint density at radius 1 is 1.20 bits per heavy atom. The first-order valence-electron chi connectivity index (χ1n) is 7.30. The molecular weight excluding hydrogens is 363 g/mol. The number of carbonyl (C=O) groups is 2. The summed E-state index contributed by atoms with van der Waals surface area (Å²) in [6.45, 7) is 1.42. The van der Waals surface area contributed by atoms with Gasteiger partial charge in [-0.3, -0.25) is 4.79 Å². The van der Waals surface area contributed by atoms with Crippen LogP contribution >= 0.6 is 22.7 Å². The van der Waals surface area contributed by atoms with E-state index in [2.05, 4.69) is 10.3 Å². The van der Waals surface area contributed by atoms with Gasteiger partial charge in [0, 0.05) is 5.38 Å². The zero-order valence-electron chi connectivity index (χ0n) is 13.1. The zero-order chi connectivity index (χ0) is 17.8. The molecule has 0 spiro atoms. The van der Waals surface area contributed by atoms with Crippen molar-refractivity contribution >= 4 is 40.2 Å². The number of thiazole rings is 1. The lowest BCUT2D eigenvalue weighted by Gasteiger charge is -2.13. The van der Waals surface area contributed by atoms with Crippen LogP contribution in [-0.4, -0.2) is 23.0 Å². The van der Waals surface area contributed by atoms with E-state index in [1.165, 1.54) is 47.8 Å². The van der Waals surface area contributed by atoms with E-state index < -0.39 is 23.8 Å². The third-order valence-corrected chi connectivity index (χ3v) is 5.11. The lowest BCUT2D eigenvalue weighted by atomic mass is 10.3. The first-order valence-corrected chi connectivity index (χ1v) is 9.06. The van der Waals surface area contributed by atoms with Gasteiger partial charge in [-0.1, -0.05) is 18.2 Å². The predicted molar refractivity (Wildman–Crippen MR) is 95.3 cm³/mol. The van der Waals surface area contributed by atoms with Crippen molar-refractivity contribution in [2.75, 3.05) is 5.32 Å². The highest BCUT2D eigenvalue weighted by atomic mass is 32.1. The van der Waals surface area contributed by atoms with Gasteiger partial charge in [-0.2, -0.15) is 0 Å². The molecule has 0 radical (unpaired) electrons. The molecule has 2 aromatic heterocycles. The number of nitrogens with zero attached hydrogens (tertiary/aromatic N) is 1. The third-order valence-electron chi connectivity index (χ3n) is 3.23. The average molecular weight is 376 g/mol. The van der Waals surface area contributed by atoms with Gasteiger partial charge < -0.3 is 10.1 Å². The fraction of sp³-hybridized carbons (Fsp3) is 0.118. The maximum Gasteiger partial charge on any atom is 0.358 e. The van der Waals surface area contributed by atoms with Gasteiger partial charge in [0.25, 0.3) is 5.91 Å². The molecule has 1 N–H and O–H groups in total. The molecule has 0 aliphatic rings. The Morgan fingerprint density at radius 2 is 2.00 bits per heavy atom. The molecule has 3 aromatic rings. The van der Waals surface area contributed by atoms with Crippen LogP contribution in [0.3, 0.4) is 0 Å². The molecule has 5 nitrogen and oxygen atoms in total. The minimum Gasteiger partial charge on any atom is -0.448 e. The number of hydrogen-bond acceptors (Lipinski definition) is 6. The molecule has 0 saturated heterocycles. The standard InChI is InChI=1S/C17H13FN2O3S2/c1-10(15(21)19-12-6-3-2-5-11(12)18)23-17(22)13-9-25-16(20-13)14-7-4-8-24-14/h2-10H,1H3,(H,19,21). The number of rotatable bonds is 5. The molecule has 1 unspecified atom stereocenters. The number of ether oxygens (including phenoxy) is 1. The van der Waals surface area contributed by atoms with Gasteiger partial charge in [-0.05, 0) is 30.5 Å². The summed E-state index contributed by atoms with van der Waals surface area (Å²) in [7, 11) is 0. The van der Waals surface area contributed by atoms with Crippen molar-refractivity contribution < 1.29 is 18.7 Å². The number of anilines is 1. The predicted octanol–water partition coefficient (Wildman–Crippen LogP) is 4.19. The van der Waals surface area contributed by atoms with Crippen LogP contribution in [0.1, 0.15) is 17.4 Å². The number of halogens is 1. The molecule has 3 rings (SSSR count). The molecule has 8 heteroatoms. The number of thiophene rings is 1. The van der Waals surface area contributed by atoms with E-state index in [1.54, 1.807) is 11.4 Å². The average Bonchev–Trinajstić information content (AvgIpc) is 3.28. The summed E-state index contributed by atoms with van der Waals surface area (Å²) in [4.78, 5) is 29.4. The van der Waals surface area contributed by atoms with Crippen LogP contribution < -0.4 is 5.32 Å². The van der Waals surface area contributed by atoms with Crippen molar-refractivity contribution in [3.63, 3.8) is 0 Å². The molecule has 0 bridgehead atoms. The Balaban J connectivity index is 1.62. The molecule has 25 heavy (non-hydrogen) atoms. The second-order valence-electron chi connectivity index (χ2n) is 5.03. The molecule has 0 aliphatic carbocycles. The fourth-order valence-corrected chi connectivity index (χ4v) is 3.56. The van der Waals surface area contributed by atoms with Crippen LogP contribution in [0.25, 0.3) is 9.88 Å². The Morgan fingerprint density at radius 3 is 2.72 bits per heavy atom. The Labute approximate surface area is 151 Å². The number of aromatic nitrogens is 1. The molecule has 0 saturated carbocycles. The Bertz CT molecular complexity index is 893. The summed E-state index contributed by atoms with van der Waals surface area (Å²) in [5.74, 6) is -1.88. The number of benzene rings is 1. The van der Waals surface area contributed by atoms with Gasteiger partial charge >= 0.3 is 5.97 Å². The lowest BCUT2D eigenvalue weighted by molar-refractivity contribution is -0.123. The minimum absolute atomic E-state index is 0.0315. The quantitative estimate of drug-likeness (QED) is 0.678. The number of nitrogens with one attached hydrogen (secondary N) is 1. The van der Waals surface area contributed by atoms with Crippen molar-refractivity contribution in [1.82, 2.24) is 4.98 Å². The van der Waals surface area contributed by atoms with Crippen LogP contribution in [0.15, 0.2) is 47.2 Å². The summed E-state index contributed by atoms with van der Waals surface area (Å²) in [5.41, 5.74) is 0.169. The summed E-state index contributed by atoms with van der Waals surface area (Å²) in [5, 5.41) is 6.60. The van der Waals surface area contributed by atoms with Gasteiger partial charge in [0.15, 0.2) is 11.8 Å². The van der Waals surface area contributed by atoms with Crippen molar-refractivity contribution in [1.29, 1.82) is 0 Å². The number of hydrogen-bond donors (Lipinski definition) is 1. The largest absolute Gasteiger partial charge is 0.448 e. The van der Waals surface area contributed by atoms with E-state index >= 15 is 0 Å². The van der Waals surface area contributed by atoms with Crippen LogP contribution in [-0.2, 0) is 9.53 Å². The van der Waals surface area contributed by atoms with Crippen molar-refractivity contribution in [2.24, 2.45) is 0 Å². The maximum absolute atomic E-state index is 13.5. The van der Waals surface area contributed by atoms with E-state index in [4.69, 9.17) is 4.74 Å². The molecule has 128 valence electrons. The van der Waals surface area contributed by atoms with E-state index in [1.807, 2.05) is 17.5 Å². The highest BCUT2D eigenvalue weighted by molar-refractivity contribution is 7.20. The first-order chi connectivity index (χ1) is 12.0. The van der Waals surface area contributed by atoms with E-state index in [-0.39, 0.29) is 11.4 Å². The van der Waals surface area contributed by atoms with Gasteiger partial charge in [-0.15, -0.1) is 22.7 Å². The molecular formula is C17H13FN2O3S2. The topological polar surface area (TPSA) is 68.3 Å². The SMILES string of the molecule is CC(OC(=O)c1csc(-c2cccs2)n1)C(=O)Nc1ccccc1F. The van der Waals surface area contributed by atoms with Crippen LogP contribution in [0.4, 0.5) is 10.1 Å². The van der Waals surface area contributed by atoms with E-state index in [0.717, 1.165) is 4.88 Å². The molecule has 0 fully saturated rings. The maximum atomic E-state index is 13.5. The second-order valence-corrected chi connectivity index (χ2v) is 6.84. The second kappa shape index (κ2) is 7.54. The highest BCUT2D eigenvalue weighted by Gasteiger charge is 2.22. The lowest BCUT2D eigenvalue weighted by Crippen LogP contribution is -2.30. The summed E-state index contributed by atoms with van der Waals surface area (Å²) in [6.07, 6.45) is -1.08.